The van der Waals surface area contributed by atoms with Crippen LogP contribution in [-0.2, 0) is 6.54 Å². The van der Waals surface area contributed by atoms with E-state index in [0.717, 1.165) is 18.4 Å². The SMILES string of the molecule is O=C(Nc1ccc(C(=O)N(Cc2ccc(F)cc2)C2CC2)cc1)c1cccs1. The predicted molar refractivity (Wildman–Crippen MR) is 108 cm³/mol. The Morgan fingerprint density at radius 3 is 2.36 bits per heavy atom. The minimum Gasteiger partial charge on any atom is -0.331 e. The number of nitrogens with one attached hydrogen (secondary N) is 1. The van der Waals surface area contributed by atoms with E-state index in [0.29, 0.717) is 22.7 Å². The fourth-order valence-corrected chi connectivity index (χ4v) is 3.62. The number of anilines is 1. The van der Waals surface area contributed by atoms with Crippen molar-refractivity contribution in [2.24, 2.45) is 0 Å². The minimum absolute atomic E-state index is 0.0528. The Labute approximate surface area is 166 Å². The average Bonchev–Trinajstić information content (AvgIpc) is 3.39. The second-order valence-electron chi connectivity index (χ2n) is 6.80. The Balaban J connectivity index is 1.45. The normalized spacial score (nSPS) is 13.2. The van der Waals surface area contributed by atoms with Crippen LogP contribution >= 0.6 is 11.3 Å². The molecule has 0 unspecified atom stereocenters. The number of nitrogens with zero attached hydrogens (tertiary/aromatic N) is 1. The van der Waals surface area contributed by atoms with E-state index in [1.54, 1.807) is 42.5 Å². The molecule has 1 N–H and O–H groups in total. The highest BCUT2D eigenvalue weighted by molar-refractivity contribution is 7.12. The first kappa shape index (κ1) is 18.4. The Bertz CT molecular complexity index is 965. The number of carbonyl (C=O) groups is 2. The number of benzene rings is 2. The molecule has 1 saturated carbocycles. The molecule has 1 aliphatic rings. The summed E-state index contributed by atoms with van der Waals surface area (Å²) >= 11 is 1.38. The number of halogens is 1. The number of amides is 2. The largest absolute Gasteiger partial charge is 0.331 e. The van der Waals surface area contributed by atoms with Crippen LogP contribution in [-0.4, -0.2) is 22.8 Å². The molecule has 0 bridgehead atoms. The molecule has 0 spiro atoms. The summed E-state index contributed by atoms with van der Waals surface area (Å²) in [5.74, 6) is -0.499. The topological polar surface area (TPSA) is 49.4 Å². The highest BCUT2D eigenvalue weighted by atomic mass is 32.1. The number of thiophene rings is 1. The van der Waals surface area contributed by atoms with Gasteiger partial charge in [-0.1, -0.05) is 18.2 Å². The van der Waals surface area contributed by atoms with Gasteiger partial charge in [0.05, 0.1) is 4.88 Å². The van der Waals surface area contributed by atoms with Gasteiger partial charge in [0.1, 0.15) is 5.82 Å². The van der Waals surface area contributed by atoms with Crippen molar-refractivity contribution in [3.63, 3.8) is 0 Å². The van der Waals surface area contributed by atoms with Crippen molar-refractivity contribution in [2.45, 2.75) is 25.4 Å². The van der Waals surface area contributed by atoms with Gasteiger partial charge >= 0.3 is 0 Å². The van der Waals surface area contributed by atoms with Gasteiger partial charge in [-0.05, 0) is 66.2 Å². The van der Waals surface area contributed by atoms with Crippen LogP contribution in [0.15, 0.2) is 66.0 Å². The van der Waals surface area contributed by atoms with Gasteiger partial charge in [0.15, 0.2) is 0 Å². The first-order valence-corrected chi connectivity index (χ1v) is 9.98. The van der Waals surface area contributed by atoms with Crippen LogP contribution in [0.1, 0.15) is 38.4 Å². The monoisotopic (exact) mass is 394 g/mol. The van der Waals surface area contributed by atoms with Gasteiger partial charge in [-0.3, -0.25) is 9.59 Å². The molecule has 142 valence electrons. The number of hydrogen-bond acceptors (Lipinski definition) is 3. The van der Waals surface area contributed by atoms with Crippen LogP contribution in [0.25, 0.3) is 0 Å². The van der Waals surface area contributed by atoms with E-state index in [4.69, 9.17) is 0 Å². The smallest absolute Gasteiger partial charge is 0.265 e. The number of hydrogen-bond donors (Lipinski definition) is 1. The molecule has 6 heteroatoms. The molecule has 1 fully saturated rings. The molecule has 4 nitrogen and oxygen atoms in total. The van der Waals surface area contributed by atoms with Crippen molar-refractivity contribution in [1.82, 2.24) is 4.90 Å². The van der Waals surface area contributed by atoms with Gasteiger partial charge in [0.2, 0.25) is 0 Å². The van der Waals surface area contributed by atoms with Crippen molar-refractivity contribution < 1.29 is 14.0 Å². The van der Waals surface area contributed by atoms with Crippen LogP contribution < -0.4 is 5.32 Å². The molecule has 2 aromatic carbocycles. The first-order valence-electron chi connectivity index (χ1n) is 9.10. The average molecular weight is 394 g/mol. The van der Waals surface area contributed by atoms with Crippen LogP contribution in [0.4, 0.5) is 10.1 Å². The Hall–Kier alpha value is -2.99. The van der Waals surface area contributed by atoms with Crippen LogP contribution in [0.2, 0.25) is 0 Å². The standard InChI is InChI=1S/C22H19FN2O2S/c23-17-7-3-15(4-8-17)14-25(19-11-12-19)22(27)16-5-9-18(10-6-16)24-21(26)20-2-1-13-28-20/h1-10,13,19H,11-12,14H2,(H,24,26). The lowest BCUT2D eigenvalue weighted by Gasteiger charge is -2.23. The maximum absolute atomic E-state index is 13.1. The van der Waals surface area contributed by atoms with Gasteiger partial charge in [-0.25, -0.2) is 4.39 Å². The Morgan fingerprint density at radius 2 is 1.75 bits per heavy atom. The molecular formula is C22H19FN2O2S. The summed E-state index contributed by atoms with van der Waals surface area (Å²) in [7, 11) is 0. The molecule has 0 atom stereocenters. The third-order valence-electron chi connectivity index (χ3n) is 4.65. The van der Waals surface area contributed by atoms with E-state index < -0.39 is 0 Å². The molecule has 2 amide bonds. The molecule has 1 heterocycles. The first-order chi connectivity index (χ1) is 13.6. The van der Waals surface area contributed by atoms with Crippen molar-refractivity contribution in [3.8, 4) is 0 Å². The van der Waals surface area contributed by atoms with E-state index in [1.165, 1.54) is 23.5 Å². The van der Waals surface area contributed by atoms with E-state index in [-0.39, 0.29) is 23.7 Å². The maximum Gasteiger partial charge on any atom is 0.265 e. The zero-order valence-corrected chi connectivity index (χ0v) is 15.9. The molecule has 4 rings (SSSR count). The maximum atomic E-state index is 13.1. The van der Waals surface area contributed by atoms with Gasteiger partial charge in [0, 0.05) is 23.8 Å². The highest BCUT2D eigenvalue weighted by Crippen LogP contribution is 2.30. The van der Waals surface area contributed by atoms with Crippen molar-refractivity contribution in [2.75, 3.05) is 5.32 Å². The second-order valence-corrected chi connectivity index (χ2v) is 7.75. The zero-order chi connectivity index (χ0) is 19.5. The van der Waals surface area contributed by atoms with Crippen molar-refractivity contribution >= 4 is 28.8 Å². The third kappa shape index (κ3) is 4.28. The summed E-state index contributed by atoms with van der Waals surface area (Å²) in [6.45, 7) is 0.459. The Morgan fingerprint density at radius 1 is 1.04 bits per heavy atom. The summed E-state index contributed by atoms with van der Waals surface area (Å²) in [5.41, 5.74) is 2.12. The van der Waals surface area contributed by atoms with Crippen molar-refractivity contribution in [3.05, 3.63) is 87.9 Å². The van der Waals surface area contributed by atoms with E-state index in [1.807, 2.05) is 16.3 Å². The van der Waals surface area contributed by atoms with E-state index in [9.17, 15) is 14.0 Å². The lowest BCUT2D eigenvalue weighted by atomic mass is 10.1. The van der Waals surface area contributed by atoms with Crippen LogP contribution in [0.3, 0.4) is 0 Å². The fourth-order valence-electron chi connectivity index (χ4n) is 3.00. The highest BCUT2D eigenvalue weighted by Gasteiger charge is 2.33. The lowest BCUT2D eigenvalue weighted by Crippen LogP contribution is -2.32. The van der Waals surface area contributed by atoms with E-state index in [2.05, 4.69) is 5.32 Å². The molecule has 0 aliphatic heterocycles. The summed E-state index contributed by atoms with van der Waals surface area (Å²) in [5, 5.41) is 4.68. The Kier molecular flexibility index (Phi) is 5.21. The minimum atomic E-state index is -0.284. The van der Waals surface area contributed by atoms with E-state index >= 15 is 0 Å². The zero-order valence-electron chi connectivity index (χ0n) is 15.1. The van der Waals surface area contributed by atoms with Crippen molar-refractivity contribution in [1.29, 1.82) is 0 Å². The summed E-state index contributed by atoms with van der Waals surface area (Å²) < 4.78 is 13.1. The summed E-state index contributed by atoms with van der Waals surface area (Å²) in [4.78, 5) is 27.6. The predicted octanol–water partition coefficient (Wildman–Crippen LogP) is 4.94. The molecular weight excluding hydrogens is 375 g/mol. The number of rotatable bonds is 6. The quantitative estimate of drug-likeness (QED) is 0.643. The second kappa shape index (κ2) is 7.94. The molecule has 28 heavy (non-hydrogen) atoms. The van der Waals surface area contributed by atoms with Gasteiger partial charge in [-0.15, -0.1) is 11.3 Å². The molecule has 1 aromatic heterocycles. The lowest BCUT2D eigenvalue weighted by molar-refractivity contribution is 0.0730. The molecule has 0 saturated heterocycles. The number of carbonyl (C=O) groups excluding carboxylic acids is 2. The molecule has 0 radical (unpaired) electrons. The molecule has 3 aromatic rings. The van der Waals surface area contributed by atoms with Gasteiger partial charge in [0.25, 0.3) is 11.8 Å². The van der Waals surface area contributed by atoms with Gasteiger partial charge in [-0.2, -0.15) is 0 Å². The van der Waals surface area contributed by atoms with Crippen LogP contribution in [0.5, 0.6) is 0 Å². The third-order valence-corrected chi connectivity index (χ3v) is 5.52. The summed E-state index contributed by atoms with van der Waals surface area (Å²) in [6, 6.07) is 17.0. The fraction of sp³-hybridized carbons (Fsp3) is 0.182. The summed E-state index contributed by atoms with van der Waals surface area (Å²) in [6.07, 6.45) is 1.98. The van der Waals surface area contributed by atoms with Gasteiger partial charge < -0.3 is 10.2 Å². The molecule has 1 aliphatic carbocycles. The van der Waals surface area contributed by atoms with Crippen LogP contribution in [0, 0.1) is 5.82 Å².